The molecule has 28 heteroatoms. The number of rotatable bonds is 7. The quantitative estimate of drug-likeness (QED) is 0.0704. The molecule has 0 aromatic heterocycles. The fraction of sp³-hybridized carbons (Fsp3) is 0.262. The summed E-state index contributed by atoms with van der Waals surface area (Å²) in [5, 5.41) is 0. The molecule has 0 spiro atoms. The van der Waals surface area contributed by atoms with Crippen molar-refractivity contribution in [2.45, 2.75) is 49.4 Å². The predicted molar refractivity (Wildman–Crippen MR) is 206 cm³/mol. The Kier molecular flexibility index (Phi) is 15.3. The Morgan fingerprint density at radius 2 is 0.543 bits per heavy atom. The van der Waals surface area contributed by atoms with Crippen LogP contribution in [0.4, 0.5) is 105 Å². The molecule has 5 aromatic rings. The second-order valence-corrected chi connectivity index (χ2v) is 18.8. The van der Waals surface area contributed by atoms with E-state index in [1.807, 2.05) is 6.07 Å². The molecule has 0 saturated heterocycles. The molecule has 5 rings (SSSR count). The monoisotopic (exact) mass is 1060 g/mol. The molecule has 0 unspecified atom stereocenters. The lowest BCUT2D eigenvalue weighted by atomic mass is 9.12. The van der Waals surface area contributed by atoms with Crippen LogP contribution in [0.5, 0.6) is 0 Å². The number of ketones is 1. The fourth-order valence-corrected chi connectivity index (χ4v) is 7.89. The summed E-state index contributed by atoms with van der Waals surface area (Å²) in [4.78, 5) is 11.5. The van der Waals surface area contributed by atoms with Gasteiger partial charge in [-0.15, -0.1) is 4.21 Å². The molecule has 0 aliphatic rings. The van der Waals surface area contributed by atoms with Gasteiger partial charge in [0.05, 0.1) is 54.4 Å². The average molecular weight is 1060 g/mol. The molecule has 0 heterocycles. The van der Waals surface area contributed by atoms with Crippen LogP contribution in [0.15, 0.2) is 103 Å². The lowest BCUT2D eigenvalue weighted by Gasteiger charge is -2.46. The second kappa shape index (κ2) is 18.8. The average Bonchev–Trinajstić information content (AvgIpc) is 3.18. The maximum absolute atomic E-state index is 14.2. The summed E-state index contributed by atoms with van der Waals surface area (Å²) in [5.74, 6) is 0.0902. The fourth-order valence-electron chi connectivity index (χ4n) is 7.09. The van der Waals surface area contributed by atoms with E-state index in [0.717, 1.165) is 0 Å². The maximum Gasteiger partial charge on any atom is 0.416 e. The highest BCUT2D eigenvalue weighted by Crippen LogP contribution is 2.41. The Hall–Kier alpha value is -5.70. The first kappa shape index (κ1) is 56.9. The van der Waals surface area contributed by atoms with Crippen molar-refractivity contribution in [3.63, 3.8) is 0 Å². The number of Topliss-reactive ketones (excluding diaryl/α,β-unsaturated/α-hetero) is 1. The van der Waals surface area contributed by atoms with Gasteiger partial charge < -0.3 is 0 Å². The molecule has 0 aliphatic carbocycles. The largest absolute Gasteiger partial charge is 0.416 e. The minimum atomic E-state index is -6.13. The summed E-state index contributed by atoms with van der Waals surface area (Å²) < 4.78 is 352. The molecule has 0 N–H and O–H groups in total. The van der Waals surface area contributed by atoms with Gasteiger partial charge in [-0.05, 0) is 24.3 Å². The van der Waals surface area contributed by atoms with Gasteiger partial charge in [0.2, 0.25) is 5.78 Å². The van der Waals surface area contributed by atoms with Gasteiger partial charge >= 0.3 is 49.4 Å². The Labute approximate surface area is 378 Å². The number of halogens is 24. The van der Waals surface area contributed by atoms with E-state index >= 15 is 0 Å². The highest BCUT2D eigenvalue weighted by Gasteiger charge is 2.47. The van der Waals surface area contributed by atoms with Crippen LogP contribution in [-0.2, 0) is 63.6 Å². The molecule has 0 bridgehead atoms. The van der Waals surface area contributed by atoms with Crippen LogP contribution >= 0.6 is 0 Å². The van der Waals surface area contributed by atoms with Crippen LogP contribution in [0.1, 0.15) is 54.9 Å². The van der Waals surface area contributed by atoms with Crippen molar-refractivity contribution in [3.05, 3.63) is 153 Å². The molecule has 0 amide bonds. The first-order valence-electron chi connectivity index (χ1n) is 18.6. The summed E-state index contributed by atoms with van der Waals surface area (Å²) >= 11 is 0. The molecular formula is C42H25BF24O2S. The van der Waals surface area contributed by atoms with Crippen LogP contribution in [0.3, 0.4) is 0 Å². The Bertz CT molecular complexity index is 2310. The van der Waals surface area contributed by atoms with E-state index in [-0.39, 0.29) is 11.5 Å². The van der Waals surface area contributed by atoms with Crippen molar-refractivity contribution < 1.29 is 114 Å². The molecular weight excluding hydrogens is 1040 g/mol. The van der Waals surface area contributed by atoms with Crippen molar-refractivity contribution in [2.24, 2.45) is 0 Å². The second-order valence-electron chi connectivity index (χ2n) is 15.6. The first-order chi connectivity index (χ1) is 31.3. The Balaban J connectivity index is 0.000000707. The van der Waals surface area contributed by atoms with Gasteiger partial charge in [-0.25, -0.2) is 0 Å². The molecule has 2 nitrogen and oxygen atoms in total. The van der Waals surface area contributed by atoms with Gasteiger partial charge in [0.15, 0.2) is 5.75 Å². The summed E-state index contributed by atoms with van der Waals surface area (Å²) in [5.41, 5.74) is -29.6. The van der Waals surface area contributed by atoms with Gasteiger partial charge in [-0.1, -0.05) is 78.9 Å². The van der Waals surface area contributed by atoms with Gasteiger partial charge in [-0.3, -0.25) is 4.79 Å². The highest BCUT2D eigenvalue weighted by atomic mass is 32.2. The molecule has 0 radical (unpaired) electrons. The van der Waals surface area contributed by atoms with E-state index < -0.39 is 205 Å². The highest BCUT2D eigenvalue weighted by molar-refractivity contribution is 8.02. The third kappa shape index (κ3) is 13.6. The lowest BCUT2D eigenvalue weighted by Crippen LogP contribution is -2.75. The van der Waals surface area contributed by atoms with Crippen LogP contribution < -0.4 is 21.9 Å². The smallest absolute Gasteiger partial charge is 0.289 e. The van der Waals surface area contributed by atoms with Gasteiger partial charge in [0.1, 0.15) is 18.7 Å². The van der Waals surface area contributed by atoms with Gasteiger partial charge in [-0.2, -0.15) is 127 Å². The number of carbonyl (C=O) groups is 1. The molecule has 382 valence electrons. The third-order valence-electron chi connectivity index (χ3n) is 10.0. The number of hydrogen-bond acceptors (Lipinski definition) is 2. The zero-order valence-electron chi connectivity index (χ0n) is 34.4. The molecule has 0 saturated carbocycles. The normalized spacial score (nSPS) is 13.7. The van der Waals surface area contributed by atoms with E-state index in [1.165, 1.54) is 0 Å². The van der Waals surface area contributed by atoms with Gasteiger partial charge in [0, 0.05) is 5.56 Å². The zero-order chi connectivity index (χ0) is 53.8. The number of benzene rings is 5. The molecule has 0 fully saturated rings. The summed E-state index contributed by atoms with van der Waals surface area (Å²) in [6.07, 6.45) is -51.6. The first-order valence-corrected chi connectivity index (χ1v) is 21.2. The predicted octanol–water partition coefficient (Wildman–Crippen LogP) is 12.8. The van der Waals surface area contributed by atoms with Crippen LogP contribution in [-0.4, -0.2) is 30.2 Å². The number of alkyl halides is 24. The molecule has 5 aromatic carbocycles. The van der Waals surface area contributed by atoms with E-state index in [1.54, 1.807) is 36.8 Å². The molecule has 0 aliphatic heterocycles. The van der Waals surface area contributed by atoms with Crippen LogP contribution in [0, 0.1) is 0 Å². The Morgan fingerprint density at radius 3 is 0.700 bits per heavy atom. The topological polar surface area (TPSA) is 34.1 Å². The third-order valence-corrected chi connectivity index (χ3v) is 11.0. The summed E-state index contributed by atoms with van der Waals surface area (Å²) in [6.45, 7) is 0. The van der Waals surface area contributed by atoms with E-state index in [0.29, 0.717) is 5.56 Å². The van der Waals surface area contributed by atoms with Crippen molar-refractivity contribution >= 4 is 43.7 Å². The summed E-state index contributed by atoms with van der Waals surface area (Å²) in [6, 6.07) is 0.142. The zero-order valence-corrected chi connectivity index (χ0v) is 35.2. The molecule has 70 heavy (non-hydrogen) atoms. The van der Waals surface area contributed by atoms with E-state index in [2.05, 4.69) is 0 Å². The van der Waals surface area contributed by atoms with Gasteiger partial charge in [0.25, 0.3) is 0 Å². The number of hydrogen-bond donors (Lipinski definition) is 0. The van der Waals surface area contributed by atoms with Crippen molar-refractivity contribution in [2.75, 3.05) is 18.3 Å². The SMILES string of the molecule is C[S+](C)(=O)CC(=O)c1ccccc1.FC(F)(F)c1cc([B-](c2cc(C(F)(F)F)cc(C(F)(F)F)c2)(c2cc(C(F)(F)F)cc(C(F)(F)F)c2)c2cc(C(F)(F)F)cc(C(F)(F)F)c2)cc(C(F)(F)F)c1. The van der Waals surface area contributed by atoms with E-state index in [4.69, 9.17) is 0 Å². The molecule has 0 atom stereocenters. The standard InChI is InChI=1S/C32H12BF24.C10H13O2S/c34-25(35,36)13-1-14(26(37,38)39)6-21(5-13)33(22-7-15(27(40,41)42)2-16(8-22)28(43,44)45,23-9-17(29(46,47)48)3-18(10-23)30(49,50)51)24-11-19(31(52,53)54)4-20(12-24)32(55,56)57;1-13(2,12)8-10(11)9-6-4-3-5-7-9/h1-12H;3-7H,8H2,1-2H3/q-1;+1. The van der Waals surface area contributed by atoms with Crippen LogP contribution in [0.25, 0.3) is 0 Å². The van der Waals surface area contributed by atoms with Crippen molar-refractivity contribution in [3.8, 4) is 0 Å². The van der Waals surface area contributed by atoms with Crippen molar-refractivity contribution in [1.29, 1.82) is 0 Å². The minimum Gasteiger partial charge on any atom is -0.289 e. The lowest BCUT2D eigenvalue weighted by molar-refractivity contribution is -0.144. The number of carbonyl (C=O) groups excluding carboxylic acids is 1. The minimum absolute atomic E-state index is 0.0457. The van der Waals surface area contributed by atoms with E-state index in [9.17, 15) is 114 Å². The maximum atomic E-state index is 14.2. The van der Waals surface area contributed by atoms with Crippen molar-refractivity contribution in [1.82, 2.24) is 0 Å². The summed E-state index contributed by atoms with van der Waals surface area (Å²) in [7, 11) is -1.97. The van der Waals surface area contributed by atoms with Crippen LogP contribution in [0.2, 0.25) is 0 Å². The Morgan fingerprint density at radius 1 is 0.357 bits per heavy atom.